The van der Waals surface area contributed by atoms with Crippen molar-refractivity contribution in [2.75, 3.05) is 12.4 Å². The van der Waals surface area contributed by atoms with Crippen molar-refractivity contribution in [1.82, 2.24) is 10.2 Å². The Hall–Kier alpha value is -1.34. The molecule has 1 heterocycles. The largest absolute Gasteiger partial charge is 0.491 e. The molecule has 0 aliphatic carbocycles. The first-order chi connectivity index (χ1) is 12.7. The lowest BCUT2D eigenvalue weighted by atomic mass is 10.2. The molecule has 136 valence electrons. The summed E-state index contributed by atoms with van der Waals surface area (Å²) in [6.45, 7) is 0.537. The molecule has 26 heavy (non-hydrogen) atoms. The van der Waals surface area contributed by atoms with Crippen molar-refractivity contribution in [3.63, 3.8) is 0 Å². The van der Waals surface area contributed by atoms with E-state index in [9.17, 15) is 0 Å². The summed E-state index contributed by atoms with van der Waals surface area (Å²) in [5, 5.41) is 9.84. The molecule has 0 N–H and O–H groups in total. The fraction of sp³-hybridized carbons (Fsp3) is 0.222. The Morgan fingerprint density at radius 1 is 1.00 bits per heavy atom. The zero-order valence-electron chi connectivity index (χ0n) is 13.7. The fourth-order valence-corrected chi connectivity index (χ4v) is 3.87. The molecule has 0 saturated carbocycles. The van der Waals surface area contributed by atoms with E-state index in [-0.39, 0.29) is 0 Å². The molecule has 0 radical (unpaired) electrons. The Labute approximate surface area is 170 Å². The molecule has 0 fully saturated rings. The molecule has 0 aliphatic heterocycles. The minimum absolute atomic E-state index is 0.513. The van der Waals surface area contributed by atoms with Gasteiger partial charge in [0.25, 0.3) is 5.22 Å². The van der Waals surface area contributed by atoms with E-state index in [4.69, 9.17) is 32.4 Å². The average Bonchev–Trinajstić information content (AvgIpc) is 3.10. The lowest BCUT2D eigenvalue weighted by Gasteiger charge is -2.07. The third-order valence-corrected chi connectivity index (χ3v) is 5.58. The molecule has 2 aromatic carbocycles. The summed E-state index contributed by atoms with van der Waals surface area (Å²) in [5.41, 5.74) is 1.23. The normalized spacial score (nSPS) is 10.8. The van der Waals surface area contributed by atoms with E-state index in [0.717, 1.165) is 11.5 Å². The van der Waals surface area contributed by atoms with Gasteiger partial charge in [0.2, 0.25) is 5.89 Å². The molecular formula is C18H16Cl2N2O2S2. The Morgan fingerprint density at radius 2 is 1.85 bits per heavy atom. The third-order valence-electron chi connectivity index (χ3n) is 3.26. The van der Waals surface area contributed by atoms with E-state index in [1.54, 1.807) is 30.0 Å². The van der Waals surface area contributed by atoms with Gasteiger partial charge < -0.3 is 9.15 Å². The monoisotopic (exact) mass is 426 g/mol. The van der Waals surface area contributed by atoms with E-state index >= 15 is 0 Å². The van der Waals surface area contributed by atoms with Gasteiger partial charge in [-0.05, 0) is 23.8 Å². The topological polar surface area (TPSA) is 48.2 Å². The van der Waals surface area contributed by atoms with Crippen LogP contribution in [0.15, 0.2) is 58.2 Å². The van der Waals surface area contributed by atoms with Gasteiger partial charge in [0, 0.05) is 16.5 Å². The van der Waals surface area contributed by atoms with Crippen LogP contribution in [0.1, 0.15) is 11.5 Å². The molecule has 0 saturated heterocycles. The molecule has 1 aromatic heterocycles. The van der Waals surface area contributed by atoms with Gasteiger partial charge in [0.05, 0.1) is 17.4 Å². The minimum Gasteiger partial charge on any atom is -0.491 e. The first-order valence-corrected chi connectivity index (χ1v) is 10.7. The van der Waals surface area contributed by atoms with Crippen molar-refractivity contribution in [3.8, 4) is 5.75 Å². The number of aromatic nitrogens is 2. The maximum atomic E-state index is 6.06. The van der Waals surface area contributed by atoms with Crippen LogP contribution in [0.5, 0.6) is 5.75 Å². The van der Waals surface area contributed by atoms with Crippen LogP contribution in [0.3, 0.4) is 0 Å². The second kappa shape index (κ2) is 10.1. The minimum atomic E-state index is 0.513. The second-order valence-corrected chi connectivity index (χ2v) is 8.09. The van der Waals surface area contributed by atoms with E-state index < -0.39 is 0 Å². The molecule has 3 aromatic rings. The van der Waals surface area contributed by atoms with Crippen LogP contribution in [0.4, 0.5) is 0 Å². The number of hydrogen-bond acceptors (Lipinski definition) is 6. The number of hydrogen-bond donors (Lipinski definition) is 0. The standard InChI is InChI=1S/C18H16Cl2N2O2S2/c19-14-6-7-16(15(20)10-14)23-8-9-25-12-17-21-22-18(24-17)26-11-13-4-2-1-3-5-13/h1-7,10H,8-9,11-12H2. The lowest BCUT2D eigenvalue weighted by Crippen LogP contribution is -2.01. The Bertz CT molecular complexity index is 831. The number of benzene rings is 2. The molecule has 0 aliphatic rings. The summed E-state index contributed by atoms with van der Waals surface area (Å²) in [6, 6.07) is 15.4. The van der Waals surface area contributed by atoms with Gasteiger partial charge in [-0.15, -0.1) is 22.0 Å². The van der Waals surface area contributed by atoms with Crippen molar-refractivity contribution in [2.24, 2.45) is 0 Å². The van der Waals surface area contributed by atoms with Gasteiger partial charge in [0.1, 0.15) is 5.75 Å². The highest BCUT2D eigenvalue weighted by Gasteiger charge is 2.07. The van der Waals surface area contributed by atoms with Gasteiger partial charge in [-0.25, -0.2) is 0 Å². The molecule has 0 spiro atoms. The maximum absolute atomic E-state index is 6.06. The van der Waals surface area contributed by atoms with Crippen LogP contribution >= 0.6 is 46.7 Å². The van der Waals surface area contributed by atoms with Crippen LogP contribution in [0.2, 0.25) is 10.0 Å². The molecule has 3 rings (SSSR count). The fourth-order valence-electron chi connectivity index (χ4n) is 2.04. The Balaban J connectivity index is 1.35. The number of ether oxygens (including phenoxy) is 1. The smallest absolute Gasteiger partial charge is 0.276 e. The summed E-state index contributed by atoms with van der Waals surface area (Å²) in [6.07, 6.45) is 0. The Kier molecular flexibility index (Phi) is 7.55. The third kappa shape index (κ3) is 6.13. The second-order valence-electron chi connectivity index (χ2n) is 5.21. The van der Waals surface area contributed by atoms with E-state index in [2.05, 4.69) is 22.3 Å². The average molecular weight is 427 g/mol. The van der Waals surface area contributed by atoms with Gasteiger partial charge in [0.15, 0.2) is 0 Å². The van der Waals surface area contributed by atoms with Crippen LogP contribution in [0.25, 0.3) is 0 Å². The Morgan fingerprint density at radius 3 is 2.65 bits per heavy atom. The zero-order valence-corrected chi connectivity index (χ0v) is 16.9. The summed E-state index contributed by atoms with van der Waals surface area (Å²) in [4.78, 5) is 0. The van der Waals surface area contributed by atoms with Gasteiger partial charge in [-0.1, -0.05) is 65.3 Å². The van der Waals surface area contributed by atoms with E-state index in [0.29, 0.717) is 39.3 Å². The molecule has 0 amide bonds. The van der Waals surface area contributed by atoms with Crippen LogP contribution in [-0.2, 0) is 11.5 Å². The van der Waals surface area contributed by atoms with Crippen molar-refractivity contribution in [1.29, 1.82) is 0 Å². The van der Waals surface area contributed by atoms with Gasteiger partial charge in [-0.2, -0.15) is 0 Å². The first-order valence-electron chi connectivity index (χ1n) is 7.85. The lowest BCUT2D eigenvalue weighted by molar-refractivity contribution is 0.344. The summed E-state index contributed by atoms with van der Waals surface area (Å²) >= 11 is 15.1. The van der Waals surface area contributed by atoms with Crippen LogP contribution < -0.4 is 4.74 Å². The highest BCUT2D eigenvalue weighted by atomic mass is 35.5. The highest BCUT2D eigenvalue weighted by Crippen LogP contribution is 2.28. The van der Waals surface area contributed by atoms with Gasteiger partial charge >= 0.3 is 0 Å². The SMILES string of the molecule is Clc1ccc(OCCSCc2nnc(SCc3ccccc3)o2)c(Cl)c1. The van der Waals surface area contributed by atoms with Crippen LogP contribution in [-0.4, -0.2) is 22.6 Å². The summed E-state index contributed by atoms with van der Waals surface area (Å²) in [7, 11) is 0. The van der Waals surface area contributed by atoms with Crippen LogP contribution in [0, 0.1) is 0 Å². The van der Waals surface area contributed by atoms with E-state index in [1.807, 2.05) is 18.2 Å². The molecule has 8 heteroatoms. The predicted molar refractivity (Wildman–Crippen MR) is 108 cm³/mol. The first kappa shape index (κ1) is 19.4. The summed E-state index contributed by atoms with van der Waals surface area (Å²) < 4.78 is 11.3. The van der Waals surface area contributed by atoms with Crippen molar-refractivity contribution in [2.45, 2.75) is 16.7 Å². The number of nitrogens with zero attached hydrogens (tertiary/aromatic N) is 2. The quantitative estimate of drug-likeness (QED) is 0.309. The zero-order chi connectivity index (χ0) is 18.2. The number of rotatable bonds is 9. The van der Waals surface area contributed by atoms with Crippen molar-refractivity contribution < 1.29 is 9.15 Å². The molecule has 0 bridgehead atoms. The maximum Gasteiger partial charge on any atom is 0.276 e. The number of thioether (sulfide) groups is 2. The number of halogens is 2. The highest BCUT2D eigenvalue weighted by molar-refractivity contribution is 7.98. The van der Waals surface area contributed by atoms with Crippen molar-refractivity contribution in [3.05, 3.63) is 70.0 Å². The summed E-state index contributed by atoms with van der Waals surface area (Å²) in [5.74, 6) is 3.50. The van der Waals surface area contributed by atoms with Crippen molar-refractivity contribution >= 4 is 46.7 Å². The molecule has 0 unspecified atom stereocenters. The molecular weight excluding hydrogens is 411 g/mol. The molecule has 4 nitrogen and oxygen atoms in total. The predicted octanol–water partition coefficient (Wildman–Crippen LogP) is 5.98. The van der Waals surface area contributed by atoms with Gasteiger partial charge in [-0.3, -0.25) is 0 Å². The van der Waals surface area contributed by atoms with E-state index in [1.165, 1.54) is 17.3 Å². The molecule has 0 atom stereocenters.